The van der Waals surface area contributed by atoms with Crippen LogP contribution < -0.4 is 10.4 Å². The Hall–Kier alpha value is -8.03. The van der Waals surface area contributed by atoms with Crippen LogP contribution in [0.3, 0.4) is 0 Å². The van der Waals surface area contributed by atoms with E-state index in [1.54, 1.807) is 0 Å². The molecule has 21 heteroatoms. The van der Waals surface area contributed by atoms with Crippen LogP contribution in [0.5, 0.6) is 0 Å². The van der Waals surface area contributed by atoms with Crippen molar-refractivity contribution in [3.63, 3.8) is 0 Å². The molecule has 54 heavy (non-hydrogen) atoms. The fourth-order valence-corrected chi connectivity index (χ4v) is 5.22. The first-order valence-electron chi connectivity index (χ1n) is 13.3. The summed E-state index contributed by atoms with van der Waals surface area (Å²) in [6, 6.07) is 8.03. The van der Waals surface area contributed by atoms with Crippen LogP contribution in [0, 0.1) is 102 Å². The minimum atomic E-state index is -5.88. The number of halogens is 12. The number of alkyl halides is 12. The van der Waals surface area contributed by atoms with Gasteiger partial charge in [0.1, 0.15) is 48.6 Å². The van der Waals surface area contributed by atoms with Gasteiger partial charge in [0.15, 0.2) is 0 Å². The number of nitriles is 9. The summed E-state index contributed by atoms with van der Waals surface area (Å²) in [5.74, 6) is 0. The smallest absolute Gasteiger partial charge is 0.192 e. The molecule has 3 aromatic rings. The minimum absolute atomic E-state index is 0.148. The van der Waals surface area contributed by atoms with Crippen LogP contribution in [0.25, 0.3) is 11.1 Å². The Labute approximate surface area is 291 Å². The van der Waals surface area contributed by atoms with E-state index in [9.17, 15) is 100 Å². The maximum absolute atomic E-state index is 14.4. The van der Waals surface area contributed by atoms with Crippen molar-refractivity contribution in [1.29, 1.82) is 47.4 Å². The Bertz CT molecular complexity index is 2710. The molecule has 0 aliphatic rings. The van der Waals surface area contributed by atoms with E-state index in [1.165, 1.54) is 6.07 Å². The Kier molecular flexibility index (Phi) is 10.4. The summed E-state index contributed by atoms with van der Waals surface area (Å²) in [5.41, 5.74) is -28.2. The molecular weight excluding hydrogens is 750 g/mol. The van der Waals surface area contributed by atoms with Gasteiger partial charge in [-0.2, -0.15) is 100 Å². The monoisotopic (exact) mass is 753 g/mol. The average Bonchev–Trinajstić information content (AvgIpc) is 3.08. The Morgan fingerprint density at radius 3 is 1.02 bits per heavy atom. The van der Waals surface area contributed by atoms with Crippen LogP contribution in [0.15, 0.2) is 18.2 Å². The van der Waals surface area contributed by atoms with E-state index in [1.807, 2.05) is 0 Å². The van der Waals surface area contributed by atoms with Crippen LogP contribution >= 0.6 is 0 Å². The van der Waals surface area contributed by atoms with Gasteiger partial charge < -0.3 is 0 Å². The van der Waals surface area contributed by atoms with Gasteiger partial charge in [-0.1, -0.05) is 0 Å². The Morgan fingerprint density at radius 1 is 0.389 bits per heavy atom. The van der Waals surface area contributed by atoms with Crippen LogP contribution in [0.2, 0.25) is 0 Å². The van der Waals surface area contributed by atoms with E-state index in [0.717, 1.165) is 48.6 Å². The standard InChI is InChI=1S/C33H3F12N9/c34-30(35,36)25-2-15(28(32(40,41)42)23(11-53)19(25)7-49)17(5-47)14-1-13(4-46)27(22(10-52)18(14)6-48)21(9-51)16-3-26(31(37,38)39)20(8-50)24(12-54)29(16)33(43,44)45/h1-3H/b17-14-,27-21-. The molecule has 0 fully saturated rings. The second kappa shape index (κ2) is 13.9. The van der Waals surface area contributed by atoms with E-state index >= 15 is 0 Å². The second-order valence-corrected chi connectivity index (χ2v) is 10.0. The molecular formula is C33H3F12N9. The molecule has 9 nitrogen and oxygen atoms in total. The van der Waals surface area contributed by atoms with Gasteiger partial charge in [-0.3, -0.25) is 0 Å². The number of hydrogen-bond donors (Lipinski definition) is 0. The molecule has 264 valence electrons. The van der Waals surface area contributed by atoms with E-state index in [0.29, 0.717) is 0 Å². The van der Waals surface area contributed by atoms with Crippen molar-refractivity contribution in [1.82, 2.24) is 0 Å². The molecule has 0 bridgehead atoms. The van der Waals surface area contributed by atoms with Crippen LogP contribution in [0.4, 0.5) is 52.7 Å². The summed E-state index contributed by atoms with van der Waals surface area (Å²) in [6.07, 6.45) is -23.1. The van der Waals surface area contributed by atoms with E-state index in [2.05, 4.69) is 0 Å². The largest absolute Gasteiger partial charge is 0.418 e. The fourth-order valence-electron chi connectivity index (χ4n) is 5.22. The minimum Gasteiger partial charge on any atom is -0.192 e. The number of rotatable bonds is 2. The summed E-state index contributed by atoms with van der Waals surface area (Å²) in [7, 11) is 0. The maximum Gasteiger partial charge on any atom is 0.418 e. The van der Waals surface area contributed by atoms with Gasteiger partial charge in [-0.05, 0) is 18.2 Å². The predicted octanol–water partition coefficient (Wildman–Crippen LogP) is 6.31. The number of hydrogen-bond acceptors (Lipinski definition) is 9. The summed E-state index contributed by atoms with van der Waals surface area (Å²) in [4.78, 5) is 0. The summed E-state index contributed by atoms with van der Waals surface area (Å²) in [5, 5.41) is 84.7. The zero-order valence-corrected chi connectivity index (χ0v) is 25.3. The van der Waals surface area contributed by atoms with Crippen molar-refractivity contribution >= 4 is 11.1 Å². The molecule has 0 unspecified atom stereocenters. The molecule has 0 atom stereocenters. The molecule has 0 radical (unpaired) electrons. The Balaban J connectivity index is 2.97. The van der Waals surface area contributed by atoms with Gasteiger partial charge in [-0.25, -0.2) is 0 Å². The maximum atomic E-state index is 14.4. The first-order valence-corrected chi connectivity index (χ1v) is 13.3. The highest BCUT2D eigenvalue weighted by Crippen LogP contribution is 2.45. The van der Waals surface area contributed by atoms with Crippen LogP contribution in [-0.4, -0.2) is 0 Å². The highest BCUT2D eigenvalue weighted by Gasteiger charge is 2.46. The average molecular weight is 753 g/mol. The normalized spacial score (nSPS) is 12.5. The van der Waals surface area contributed by atoms with Crippen molar-refractivity contribution in [2.24, 2.45) is 0 Å². The van der Waals surface area contributed by atoms with Crippen LogP contribution in [0.1, 0.15) is 72.3 Å². The molecule has 3 rings (SSSR count). The predicted molar refractivity (Wildman–Crippen MR) is 148 cm³/mol. The van der Waals surface area contributed by atoms with Gasteiger partial charge in [0, 0.05) is 21.6 Å². The van der Waals surface area contributed by atoms with Gasteiger partial charge >= 0.3 is 24.7 Å². The van der Waals surface area contributed by atoms with E-state index in [-0.39, 0.29) is 6.07 Å². The van der Waals surface area contributed by atoms with E-state index in [4.69, 9.17) is 0 Å². The molecule has 0 spiro atoms. The molecule has 0 N–H and O–H groups in total. The molecule has 0 saturated carbocycles. The molecule has 0 heterocycles. The summed E-state index contributed by atoms with van der Waals surface area (Å²) >= 11 is 0. The van der Waals surface area contributed by atoms with Gasteiger partial charge in [-0.15, -0.1) is 0 Å². The molecule has 0 aliphatic heterocycles. The van der Waals surface area contributed by atoms with Gasteiger partial charge in [0.25, 0.3) is 0 Å². The third kappa shape index (κ3) is 6.71. The fraction of sp³-hybridized carbons (Fsp3) is 0.121. The zero-order chi connectivity index (χ0) is 41.3. The quantitative estimate of drug-likeness (QED) is 0.268. The summed E-state index contributed by atoms with van der Waals surface area (Å²) in [6.45, 7) is 0. The summed E-state index contributed by atoms with van der Waals surface area (Å²) < 4.78 is 170. The highest BCUT2D eigenvalue weighted by atomic mass is 19.4. The molecule has 0 saturated heterocycles. The third-order valence-electron chi connectivity index (χ3n) is 7.23. The molecule has 0 amide bonds. The number of benzene rings is 3. The molecule has 3 aromatic carbocycles. The first-order chi connectivity index (χ1) is 25.0. The van der Waals surface area contributed by atoms with Crippen molar-refractivity contribution in [2.75, 3.05) is 0 Å². The lowest BCUT2D eigenvalue weighted by atomic mass is 9.84. The van der Waals surface area contributed by atoms with Gasteiger partial charge in [0.2, 0.25) is 0 Å². The SMILES string of the molecule is N#C/C(c1cc(C(F)(F)F)c(C#N)c(C#N)c1C(F)(F)F)=c1\cc(C#N)/c(=C(\C#N)c2cc(C(F)(F)F)c(C#N)c(C#N)c2C(F)(F)F)c(C#N)c1C#N. The van der Waals surface area contributed by atoms with Crippen molar-refractivity contribution < 1.29 is 52.7 Å². The molecule has 0 aromatic heterocycles. The lowest BCUT2D eigenvalue weighted by Gasteiger charge is -2.20. The lowest BCUT2D eigenvalue weighted by Crippen LogP contribution is -2.28. The van der Waals surface area contributed by atoms with E-state index < -0.39 is 131 Å². The number of nitrogens with zero attached hydrogens (tertiary/aromatic N) is 9. The third-order valence-corrected chi connectivity index (χ3v) is 7.23. The lowest BCUT2D eigenvalue weighted by molar-refractivity contribution is -0.141. The Morgan fingerprint density at radius 2 is 0.741 bits per heavy atom. The van der Waals surface area contributed by atoms with Crippen molar-refractivity contribution in [3.05, 3.63) is 101 Å². The van der Waals surface area contributed by atoms with Gasteiger partial charge in [0.05, 0.1) is 78.4 Å². The second-order valence-electron chi connectivity index (χ2n) is 10.0. The van der Waals surface area contributed by atoms with Crippen LogP contribution in [-0.2, 0) is 24.7 Å². The topological polar surface area (TPSA) is 214 Å². The first kappa shape index (κ1) is 40.4. The van der Waals surface area contributed by atoms with Crippen molar-refractivity contribution in [3.8, 4) is 54.6 Å². The molecule has 0 aliphatic carbocycles. The highest BCUT2D eigenvalue weighted by molar-refractivity contribution is 5.86. The zero-order valence-electron chi connectivity index (χ0n) is 25.3. The van der Waals surface area contributed by atoms with Crippen molar-refractivity contribution in [2.45, 2.75) is 24.7 Å².